The molecule has 0 aliphatic heterocycles. The molecule has 2 heteroatoms. The van der Waals surface area contributed by atoms with Gasteiger partial charge in [-0.25, -0.2) is 0 Å². The lowest BCUT2D eigenvalue weighted by Crippen LogP contribution is -1.78. The van der Waals surface area contributed by atoms with Crippen LogP contribution in [-0.2, 0) is 0 Å². The normalized spacial score (nSPS) is 10.1. The molecule has 0 nitrogen and oxygen atoms in total. The summed E-state index contributed by atoms with van der Waals surface area (Å²) >= 11 is 11.9. The quantitative estimate of drug-likeness (QED) is 0.668. The third-order valence-electron chi connectivity index (χ3n) is 1.92. The smallest absolute Gasteiger partial charge is 0.0490 e. The molecule has 0 aliphatic rings. The average molecular weight is 222 g/mol. The van der Waals surface area contributed by atoms with Gasteiger partial charge in [-0.15, -0.1) is 0 Å². The van der Waals surface area contributed by atoms with E-state index in [1.165, 1.54) is 0 Å². The van der Waals surface area contributed by atoms with Gasteiger partial charge in [0, 0.05) is 15.6 Å². The summed E-state index contributed by atoms with van der Waals surface area (Å²) in [4.78, 5) is 0. The van der Waals surface area contributed by atoms with Crippen LogP contribution in [0.3, 0.4) is 0 Å². The number of benzene rings is 2. The van der Waals surface area contributed by atoms with E-state index in [0.717, 1.165) is 11.1 Å². The van der Waals surface area contributed by atoms with Crippen LogP contribution in [0.4, 0.5) is 0 Å². The van der Waals surface area contributed by atoms with E-state index in [2.05, 4.69) is 6.07 Å². The molecule has 0 spiro atoms. The van der Waals surface area contributed by atoms with E-state index in [9.17, 15) is 0 Å². The molecule has 0 bridgehead atoms. The first-order valence-corrected chi connectivity index (χ1v) is 4.95. The molecule has 0 atom stereocenters. The standard InChI is InChI=1S/C12H7Cl2/c13-10-5-3-4-9(8-10)11-6-1-2-7-12(11)14/h1-5,7-8H. The van der Waals surface area contributed by atoms with Crippen LogP contribution in [-0.4, -0.2) is 0 Å². The van der Waals surface area contributed by atoms with Crippen LogP contribution in [0.15, 0.2) is 42.5 Å². The zero-order valence-corrected chi connectivity index (χ0v) is 8.81. The van der Waals surface area contributed by atoms with E-state index >= 15 is 0 Å². The first-order valence-electron chi connectivity index (χ1n) is 4.19. The van der Waals surface area contributed by atoms with Crippen LogP contribution >= 0.6 is 23.2 Å². The summed E-state index contributed by atoms with van der Waals surface area (Å²) in [5, 5.41) is 1.39. The number of halogens is 2. The maximum atomic E-state index is 6.04. The van der Waals surface area contributed by atoms with Gasteiger partial charge in [0.25, 0.3) is 0 Å². The molecule has 0 saturated heterocycles. The fourth-order valence-electron chi connectivity index (χ4n) is 1.28. The molecular formula is C12H7Cl2. The van der Waals surface area contributed by atoms with Gasteiger partial charge in [-0.1, -0.05) is 47.5 Å². The summed E-state index contributed by atoms with van der Waals surface area (Å²) in [7, 11) is 0. The fraction of sp³-hybridized carbons (Fsp3) is 0. The second kappa shape index (κ2) is 4.04. The summed E-state index contributed by atoms with van der Waals surface area (Å²) in [6, 6.07) is 16.2. The van der Waals surface area contributed by atoms with Crippen LogP contribution in [0.2, 0.25) is 10.0 Å². The SMILES string of the molecule is Clc1cccc(-c2[c]cccc2Cl)c1. The summed E-state index contributed by atoms with van der Waals surface area (Å²) in [5.74, 6) is 0. The van der Waals surface area contributed by atoms with Crippen LogP contribution < -0.4 is 0 Å². The third-order valence-corrected chi connectivity index (χ3v) is 2.47. The predicted octanol–water partition coefficient (Wildman–Crippen LogP) is 4.46. The molecule has 0 unspecified atom stereocenters. The molecule has 1 radical (unpaired) electrons. The zero-order chi connectivity index (χ0) is 9.97. The Kier molecular flexibility index (Phi) is 2.76. The van der Waals surface area contributed by atoms with Crippen molar-refractivity contribution in [1.82, 2.24) is 0 Å². The van der Waals surface area contributed by atoms with Crippen molar-refractivity contribution in [3.05, 3.63) is 58.6 Å². The van der Waals surface area contributed by atoms with Crippen molar-refractivity contribution < 1.29 is 0 Å². The van der Waals surface area contributed by atoms with E-state index in [-0.39, 0.29) is 0 Å². The minimum Gasteiger partial charge on any atom is -0.0843 e. The Labute approximate surface area is 93.1 Å². The largest absolute Gasteiger partial charge is 0.0843 e. The first-order chi connectivity index (χ1) is 6.77. The number of hydrogen-bond acceptors (Lipinski definition) is 0. The summed E-state index contributed by atoms with van der Waals surface area (Å²) in [6.45, 7) is 0. The van der Waals surface area contributed by atoms with Gasteiger partial charge in [-0.3, -0.25) is 0 Å². The van der Waals surface area contributed by atoms with E-state index in [1.807, 2.05) is 42.5 Å². The molecule has 14 heavy (non-hydrogen) atoms. The number of hydrogen-bond donors (Lipinski definition) is 0. The van der Waals surface area contributed by atoms with E-state index in [1.54, 1.807) is 0 Å². The van der Waals surface area contributed by atoms with Crippen molar-refractivity contribution in [3.63, 3.8) is 0 Å². The molecule has 2 aromatic rings. The highest BCUT2D eigenvalue weighted by atomic mass is 35.5. The molecular weight excluding hydrogens is 215 g/mol. The Morgan fingerprint density at radius 1 is 1.00 bits per heavy atom. The van der Waals surface area contributed by atoms with Gasteiger partial charge in [0.2, 0.25) is 0 Å². The summed E-state index contributed by atoms with van der Waals surface area (Å²) in [5.41, 5.74) is 1.87. The lowest BCUT2D eigenvalue weighted by molar-refractivity contribution is 1.61. The van der Waals surface area contributed by atoms with Gasteiger partial charge in [-0.05, 0) is 29.8 Å². The van der Waals surface area contributed by atoms with Crippen LogP contribution in [0.1, 0.15) is 0 Å². The van der Waals surface area contributed by atoms with Crippen molar-refractivity contribution >= 4 is 23.2 Å². The highest BCUT2D eigenvalue weighted by molar-refractivity contribution is 6.33. The van der Waals surface area contributed by atoms with Crippen molar-refractivity contribution in [2.45, 2.75) is 0 Å². The van der Waals surface area contributed by atoms with Gasteiger partial charge in [-0.2, -0.15) is 0 Å². The van der Waals surface area contributed by atoms with Gasteiger partial charge in [0.05, 0.1) is 0 Å². The topological polar surface area (TPSA) is 0 Å². The molecule has 0 N–H and O–H groups in total. The zero-order valence-electron chi connectivity index (χ0n) is 7.30. The Balaban J connectivity index is 2.55. The van der Waals surface area contributed by atoms with Crippen LogP contribution in [0.5, 0.6) is 0 Å². The van der Waals surface area contributed by atoms with E-state index in [4.69, 9.17) is 23.2 Å². The Hall–Kier alpha value is -0.980. The van der Waals surface area contributed by atoms with E-state index < -0.39 is 0 Å². The molecule has 0 saturated carbocycles. The summed E-state index contributed by atoms with van der Waals surface area (Å²) < 4.78 is 0. The van der Waals surface area contributed by atoms with Crippen molar-refractivity contribution in [2.24, 2.45) is 0 Å². The molecule has 0 fully saturated rings. The minimum absolute atomic E-state index is 0.690. The summed E-state index contributed by atoms with van der Waals surface area (Å²) in [6.07, 6.45) is 0. The van der Waals surface area contributed by atoms with Gasteiger partial charge in [0.1, 0.15) is 0 Å². The molecule has 0 amide bonds. The maximum Gasteiger partial charge on any atom is 0.0490 e. The second-order valence-electron chi connectivity index (χ2n) is 2.90. The predicted molar refractivity (Wildman–Crippen MR) is 60.7 cm³/mol. The minimum atomic E-state index is 0.690. The Morgan fingerprint density at radius 3 is 2.57 bits per heavy atom. The van der Waals surface area contributed by atoms with Gasteiger partial charge >= 0.3 is 0 Å². The molecule has 0 heterocycles. The maximum absolute atomic E-state index is 6.04. The Morgan fingerprint density at radius 2 is 1.86 bits per heavy atom. The second-order valence-corrected chi connectivity index (χ2v) is 3.75. The van der Waals surface area contributed by atoms with Crippen LogP contribution in [0, 0.1) is 6.07 Å². The number of rotatable bonds is 1. The first kappa shape index (κ1) is 9.57. The van der Waals surface area contributed by atoms with E-state index in [0.29, 0.717) is 10.0 Å². The molecule has 0 aliphatic carbocycles. The lowest BCUT2D eigenvalue weighted by atomic mass is 10.1. The lowest BCUT2D eigenvalue weighted by Gasteiger charge is -2.03. The highest BCUT2D eigenvalue weighted by Crippen LogP contribution is 2.28. The monoisotopic (exact) mass is 221 g/mol. The van der Waals surface area contributed by atoms with Crippen molar-refractivity contribution in [2.75, 3.05) is 0 Å². The van der Waals surface area contributed by atoms with Gasteiger partial charge in [0.15, 0.2) is 0 Å². The molecule has 0 aromatic heterocycles. The third kappa shape index (κ3) is 1.92. The molecule has 69 valence electrons. The Bertz CT molecular complexity index is 450. The fourth-order valence-corrected chi connectivity index (χ4v) is 1.71. The molecule has 2 aromatic carbocycles. The van der Waals surface area contributed by atoms with Crippen molar-refractivity contribution in [3.8, 4) is 11.1 Å². The molecule has 2 rings (SSSR count). The van der Waals surface area contributed by atoms with Gasteiger partial charge < -0.3 is 0 Å². The van der Waals surface area contributed by atoms with Crippen LogP contribution in [0.25, 0.3) is 11.1 Å². The van der Waals surface area contributed by atoms with Crippen molar-refractivity contribution in [1.29, 1.82) is 0 Å². The average Bonchev–Trinajstić information content (AvgIpc) is 2.18. The highest BCUT2D eigenvalue weighted by Gasteiger charge is 2.02.